The van der Waals surface area contributed by atoms with Gasteiger partial charge in [-0.05, 0) is 18.9 Å². The van der Waals surface area contributed by atoms with Crippen LogP contribution in [-0.2, 0) is 16.0 Å². The highest BCUT2D eigenvalue weighted by Crippen LogP contribution is 2.26. The summed E-state index contributed by atoms with van der Waals surface area (Å²) in [5.41, 5.74) is 1.57. The van der Waals surface area contributed by atoms with Gasteiger partial charge >= 0.3 is 5.97 Å². The van der Waals surface area contributed by atoms with Crippen molar-refractivity contribution in [2.45, 2.75) is 31.7 Å². The molecule has 3 rings (SSSR count). The number of carbonyl (C=O) groups is 2. The van der Waals surface area contributed by atoms with E-state index < -0.39 is 11.9 Å². The molecule has 0 bridgehead atoms. The summed E-state index contributed by atoms with van der Waals surface area (Å²) in [6.45, 7) is 0. The summed E-state index contributed by atoms with van der Waals surface area (Å²) in [4.78, 5) is 27.6. The van der Waals surface area contributed by atoms with E-state index in [2.05, 4.69) is 10.3 Å². The third kappa shape index (κ3) is 3.19. The largest absolute Gasteiger partial charge is 0.481 e. The van der Waals surface area contributed by atoms with Crippen LogP contribution in [0, 0.1) is 5.92 Å². The molecular formula is C15H16N2O4S. The minimum Gasteiger partial charge on any atom is -0.481 e. The van der Waals surface area contributed by atoms with Gasteiger partial charge in [0, 0.05) is 17.0 Å². The van der Waals surface area contributed by atoms with E-state index in [1.54, 1.807) is 12.5 Å². The lowest BCUT2D eigenvalue weighted by Crippen LogP contribution is -2.40. The molecule has 7 heteroatoms. The van der Waals surface area contributed by atoms with Gasteiger partial charge in [0.25, 0.3) is 0 Å². The van der Waals surface area contributed by atoms with Crippen LogP contribution in [0.5, 0.6) is 0 Å². The molecule has 2 aromatic rings. The van der Waals surface area contributed by atoms with Crippen molar-refractivity contribution < 1.29 is 19.1 Å². The van der Waals surface area contributed by atoms with Gasteiger partial charge in [0.2, 0.25) is 5.91 Å². The monoisotopic (exact) mass is 320 g/mol. The molecule has 1 saturated carbocycles. The van der Waals surface area contributed by atoms with Crippen molar-refractivity contribution in [3.63, 3.8) is 0 Å². The maximum absolute atomic E-state index is 12.1. The molecule has 1 aliphatic carbocycles. The van der Waals surface area contributed by atoms with Crippen LogP contribution < -0.4 is 5.32 Å². The number of hydrogen-bond donors (Lipinski definition) is 2. The number of amides is 1. The van der Waals surface area contributed by atoms with Crippen LogP contribution in [0.4, 0.5) is 0 Å². The fourth-order valence-corrected chi connectivity index (χ4v) is 3.56. The number of furan rings is 1. The summed E-state index contributed by atoms with van der Waals surface area (Å²) < 4.78 is 5.01. The molecule has 0 radical (unpaired) electrons. The van der Waals surface area contributed by atoms with Crippen molar-refractivity contribution >= 4 is 23.2 Å². The van der Waals surface area contributed by atoms with E-state index in [1.165, 1.54) is 11.3 Å². The molecule has 22 heavy (non-hydrogen) atoms. The van der Waals surface area contributed by atoms with Gasteiger partial charge in [-0.2, -0.15) is 0 Å². The third-order valence-corrected chi connectivity index (χ3v) is 4.78. The predicted octanol–water partition coefficient (Wildman–Crippen LogP) is 2.32. The summed E-state index contributed by atoms with van der Waals surface area (Å²) in [5, 5.41) is 14.6. The number of rotatable bonds is 5. The molecule has 2 N–H and O–H groups in total. The molecule has 2 heterocycles. The number of nitrogens with one attached hydrogen (secondary N) is 1. The summed E-state index contributed by atoms with van der Waals surface area (Å²) in [6, 6.07) is 1.55. The van der Waals surface area contributed by atoms with E-state index in [0.29, 0.717) is 12.1 Å². The van der Waals surface area contributed by atoms with Crippen molar-refractivity contribution in [2.75, 3.05) is 0 Å². The second-order valence-corrected chi connectivity index (χ2v) is 6.24. The lowest BCUT2D eigenvalue weighted by atomic mass is 10.0. The zero-order chi connectivity index (χ0) is 15.5. The van der Waals surface area contributed by atoms with Crippen LogP contribution in [0.3, 0.4) is 0 Å². The molecular weight excluding hydrogens is 304 g/mol. The van der Waals surface area contributed by atoms with Gasteiger partial charge in [0.05, 0.1) is 24.3 Å². The first-order valence-corrected chi connectivity index (χ1v) is 8.00. The van der Waals surface area contributed by atoms with Crippen molar-refractivity contribution in [3.8, 4) is 10.6 Å². The Kier molecular flexibility index (Phi) is 4.24. The molecule has 1 fully saturated rings. The topological polar surface area (TPSA) is 92.4 Å². The summed E-state index contributed by atoms with van der Waals surface area (Å²) >= 11 is 1.45. The molecule has 0 aliphatic heterocycles. The van der Waals surface area contributed by atoms with Crippen LogP contribution in [0.1, 0.15) is 25.0 Å². The zero-order valence-electron chi connectivity index (χ0n) is 11.8. The van der Waals surface area contributed by atoms with Gasteiger partial charge in [0.1, 0.15) is 11.3 Å². The van der Waals surface area contributed by atoms with E-state index >= 15 is 0 Å². The summed E-state index contributed by atoms with van der Waals surface area (Å²) in [5.74, 6) is -1.48. The van der Waals surface area contributed by atoms with E-state index in [0.717, 1.165) is 23.4 Å². The van der Waals surface area contributed by atoms with Gasteiger partial charge in [-0.15, -0.1) is 11.3 Å². The van der Waals surface area contributed by atoms with Gasteiger partial charge in [-0.3, -0.25) is 9.59 Å². The second-order valence-electron chi connectivity index (χ2n) is 5.38. The first-order chi connectivity index (χ1) is 10.6. The molecule has 116 valence electrons. The standard InChI is InChI=1S/C15H16N2O4S/c18-13(17-12-3-1-2-11(12)15(19)20)6-10-8-22-14(16-10)9-4-5-21-7-9/h4-5,7-8,11-12H,1-3,6H2,(H,17,18)(H,19,20)/t11-,12+/m1/s1. The SMILES string of the molecule is O=C(Cc1csc(-c2ccoc2)n1)N[C@H]1CCC[C@H]1C(=O)O. The highest BCUT2D eigenvalue weighted by Gasteiger charge is 2.33. The van der Waals surface area contributed by atoms with E-state index in [-0.39, 0.29) is 18.4 Å². The Labute approximate surface area is 131 Å². The smallest absolute Gasteiger partial charge is 0.308 e. The predicted molar refractivity (Wildman–Crippen MR) is 80.4 cm³/mol. The number of hydrogen-bond acceptors (Lipinski definition) is 5. The molecule has 1 amide bonds. The third-order valence-electron chi connectivity index (χ3n) is 3.84. The molecule has 1 aliphatic rings. The number of aromatic nitrogens is 1. The Morgan fingerprint density at radius 2 is 2.32 bits per heavy atom. The number of carboxylic acid groups (broad SMARTS) is 1. The number of thiazole rings is 1. The summed E-state index contributed by atoms with van der Waals surface area (Å²) in [7, 11) is 0. The first-order valence-electron chi connectivity index (χ1n) is 7.12. The van der Waals surface area contributed by atoms with Crippen LogP contribution in [0.25, 0.3) is 10.6 Å². The van der Waals surface area contributed by atoms with Crippen LogP contribution in [-0.4, -0.2) is 28.0 Å². The fourth-order valence-electron chi connectivity index (χ4n) is 2.76. The molecule has 2 atom stereocenters. The average Bonchev–Trinajstić information content (AvgIpc) is 3.18. The molecule has 0 saturated heterocycles. The van der Waals surface area contributed by atoms with Crippen molar-refractivity contribution in [3.05, 3.63) is 29.7 Å². The van der Waals surface area contributed by atoms with Gasteiger partial charge in [-0.1, -0.05) is 6.42 Å². The molecule has 0 unspecified atom stereocenters. The highest BCUT2D eigenvalue weighted by atomic mass is 32.1. The molecule has 0 aromatic carbocycles. The van der Waals surface area contributed by atoms with Crippen molar-refractivity contribution in [1.29, 1.82) is 0 Å². The first kappa shape index (κ1) is 14.8. The Morgan fingerprint density at radius 1 is 1.45 bits per heavy atom. The Bertz CT molecular complexity index is 665. The minimum absolute atomic E-state index is 0.164. The highest BCUT2D eigenvalue weighted by molar-refractivity contribution is 7.13. The Morgan fingerprint density at radius 3 is 3.05 bits per heavy atom. The van der Waals surface area contributed by atoms with Gasteiger partial charge in [-0.25, -0.2) is 4.98 Å². The number of carboxylic acids is 1. The fraction of sp³-hybridized carbons (Fsp3) is 0.400. The maximum Gasteiger partial charge on any atom is 0.308 e. The van der Waals surface area contributed by atoms with Crippen LogP contribution in [0.15, 0.2) is 28.4 Å². The van der Waals surface area contributed by atoms with Crippen molar-refractivity contribution in [2.24, 2.45) is 5.92 Å². The minimum atomic E-state index is -0.835. The second kappa shape index (κ2) is 6.31. The van der Waals surface area contributed by atoms with E-state index in [1.807, 2.05) is 11.4 Å². The number of aliphatic carboxylic acids is 1. The normalized spacial score (nSPS) is 20.9. The zero-order valence-corrected chi connectivity index (χ0v) is 12.6. The number of nitrogens with zero attached hydrogens (tertiary/aromatic N) is 1. The Hall–Kier alpha value is -2.15. The van der Waals surface area contributed by atoms with E-state index in [4.69, 9.17) is 9.52 Å². The summed E-state index contributed by atoms with van der Waals surface area (Å²) in [6.07, 6.45) is 5.54. The van der Waals surface area contributed by atoms with Crippen LogP contribution in [0.2, 0.25) is 0 Å². The molecule has 6 nitrogen and oxygen atoms in total. The quantitative estimate of drug-likeness (QED) is 0.882. The Balaban J connectivity index is 1.59. The molecule has 2 aromatic heterocycles. The lowest BCUT2D eigenvalue weighted by molar-refractivity contribution is -0.142. The number of carbonyl (C=O) groups excluding carboxylic acids is 1. The van der Waals surface area contributed by atoms with Gasteiger partial charge < -0.3 is 14.8 Å². The maximum atomic E-state index is 12.1. The van der Waals surface area contributed by atoms with E-state index in [9.17, 15) is 9.59 Å². The van der Waals surface area contributed by atoms with Gasteiger partial charge in [0.15, 0.2) is 0 Å². The average molecular weight is 320 g/mol. The van der Waals surface area contributed by atoms with Crippen LogP contribution >= 0.6 is 11.3 Å². The molecule has 0 spiro atoms. The van der Waals surface area contributed by atoms with Crippen molar-refractivity contribution in [1.82, 2.24) is 10.3 Å². The lowest BCUT2D eigenvalue weighted by Gasteiger charge is -2.17.